The van der Waals surface area contributed by atoms with Crippen LogP contribution < -0.4 is 10.1 Å². The van der Waals surface area contributed by atoms with Gasteiger partial charge < -0.3 is 15.0 Å². The van der Waals surface area contributed by atoms with Gasteiger partial charge in [-0.15, -0.1) is 0 Å². The number of hydrogen-bond donors (Lipinski definition) is 1. The Morgan fingerprint density at radius 1 is 1.20 bits per heavy atom. The minimum Gasteiger partial charge on any atom is -0.476 e. The van der Waals surface area contributed by atoms with Crippen molar-refractivity contribution < 1.29 is 27.6 Å². The number of rotatable bonds is 7. The Hall–Kier alpha value is -4.46. The standard InChI is InChI=1S/C25H21ClF3N7O4/c1-12-16(8-31-25(40-2)24(12)36(38)39)15-5-13-6-19(30-9-17(13)22(26)23(15)29)32-20-7-14-3-4-34(10-18(27)28)21(37)11-35(14)33-20/h5-9,18H,3-4,10-11H2,1-2H3,(H,30,32,33). The average Bonchev–Trinajstić information content (AvgIpc) is 3.21. The van der Waals surface area contributed by atoms with Crippen molar-refractivity contribution in [1.82, 2.24) is 24.6 Å². The summed E-state index contributed by atoms with van der Waals surface area (Å²) in [5.74, 6) is -0.738. The molecule has 0 unspecified atom stereocenters. The van der Waals surface area contributed by atoms with E-state index in [1.54, 1.807) is 12.1 Å². The van der Waals surface area contributed by atoms with Crippen molar-refractivity contribution in [2.75, 3.05) is 25.5 Å². The van der Waals surface area contributed by atoms with E-state index in [9.17, 15) is 23.7 Å². The minimum atomic E-state index is -2.62. The van der Waals surface area contributed by atoms with Crippen LogP contribution in [0.5, 0.6) is 5.88 Å². The predicted molar refractivity (Wildman–Crippen MR) is 140 cm³/mol. The minimum absolute atomic E-state index is 0.00553. The summed E-state index contributed by atoms with van der Waals surface area (Å²) in [5.41, 5.74) is 0.627. The van der Waals surface area contributed by atoms with Crippen molar-refractivity contribution in [2.24, 2.45) is 0 Å². The second kappa shape index (κ2) is 10.6. The number of carbonyl (C=O) groups is 1. The molecule has 4 aromatic rings. The molecule has 1 amide bonds. The Morgan fingerprint density at radius 3 is 2.67 bits per heavy atom. The maximum atomic E-state index is 15.4. The molecule has 0 atom stereocenters. The second-order valence-corrected chi connectivity index (χ2v) is 9.42. The van der Waals surface area contributed by atoms with Gasteiger partial charge in [-0.2, -0.15) is 5.10 Å². The van der Waals surface area contributed by atoms with Crippen LogP contribution in [0, 0.1) is 22.9 Å². The van der Waals surface area contributed by atoms with Gasteiger partial charge >= 0.3 is 5.69 Å². The topological polar surface area (TPSA) is 128 Å². The lowest BCUT2D eigenvalue weighted by molar-refractivity contribution is -0.386. The molecule has 3 aromatic heterocycles. The monoisotopic (exact) mass is 575 g/mol. The van der Waals surface area contributed by atoms with Crippen LogP contribution in [0.1, 0.15) is 11.3 Å². The Bertz CT molecular complexity index is 1660. The molecule has 1 aliphatic heterocycles. The fraction of sp³-hybridized carbons (Fsp3) is 0.280. The van der Waals surface area contributed by atoms with Gasteiger partial charge in [0.15, 0.2) is 5.82 Å². The smallest absolute Gasteiger partial charge is 0.334 e. The quantitative estimate of drug-likeness (QED) is 0.243. The summed E-state index contributed by atoms with van der Waals surface area (Å²) in [6, 6.07) is 4.78. The number of amides is 1. The van der Waals surface area contributed by atoms with Gasteiger partial charge in [-0.1, -0.05) is 11.6 Å². The average molecular weight is 576 g/mol. The first kappa shape index (κ1) is 27.1. The zero-order valence-electron chi connectivity index (χ0n) is 21.1. The van der Waals surface area contributed by atoms with E-state index in [1.165, 1.54) is 37.2 Å². The third kappa shape index (κ3) is 4.97. The number of alkyl halides is 2. The van der Waals surface area contributed by atoms with Crippen molar-refractivity contribution in [1.29, 1.82) is 0 Å². The van der Waals surface area contributed by atoms with Gasteiger partial charge in [0.2, 0.25) is 5.91 Å². The highest BCUT2D eigenvalue weighted by molar-refractivity contribution is 6.36. The van der Waals surface area contributed by atoms with Gasteiger partial charge in [0, 0.05) is 59.2 Å². The molecule has 1 aliphatic rings. The van der Waals surface area contributed by atoms with Gasteiger partial charge in [0.05, 0.1) is 23.6 Å². The fourth-order valence-electron chi connectivity index (χ4n) is 4.65. The number of anilines is 2. The van der Waals surface area contributed by atoms with Crippen molar-refractivity contribution >= 4 is 45.6 Å². The van der Waals surface area contributed by atoms with Crippen LogP contribution in [-0.2, 0) is 17.8 Å². The van der Waals surface area contributed by atoms with Crippen molar-refractivity contribution in [3.8, 4) is 17.0 Å². The molecule has 0 aliphatic carbocycles. The van der Waals surface area contributed by atoms with E-state index < -0.39 is 29.6 Å². The van der Waals surface area contributed by atoms with Gasteiger partial charge in [-0.25, -0.2) is 23.1 Å². The first-order valence-electron chi connectivity index (χ1n) is 11.9. The number of nitro groups is 1. The highest BCUT2D eigenvalue weighted by atomic mass is 35.5. The molecule has 0 saturated carbocycles. The number of methoxy groups -OCH3 is 1. The molecule has 1 N–H and O–H groups in total. The van der Waals surface area contributed by atoms with Crippen molar-refractivity contribution in [2.45, 2.75) is 26.3 Å². The molecule has 0 spiro atoms. The molecular formula is C25H21ClF3N7O4. The van der Waals surface area contributed by atoms with E-state index in [0.29, 0.717) is 34.5 Å². The predicted octanol–water partition coefficient (Wildman–Crippen LogP) is 4.90. The van der Waals surface area contributed by atoms with Crippen molar-refractivity contribution in [3.63, 3.8) is 0 Å². The number of pyridine rings is 2. The van der Waals surface area contributed by atoms with Crippen LogP contribution in [0.25, 0.3) is 21.9 Å². The number of hydrogen-bond acceptors (Lipinski definition) is 8. The zero-order valence-corrected chi connectivity index (χ0v) is 21.9. The summed E-state index contributed by atoms with van der Waals surface area (Å²) in [6.07, 6.45) is 0.386. The second-order valence-electron chi connectivity index (χ2n) is 9.04. The summed E-state index contributed by atoms with van der Waals surface area (Å²) < 4.78 is 47.3. The van der Waals surface area contributed by atoms with E-state index in [-0.39, 0.29) is 46.4 Å². The van der Waals surface area contributed by atoms with Crippen LogP contribution in [0.2, 0.25) is 5.02 Å². The number of fused-ring (bicyclic) bond motifs is 2. The number of benzene rings is 1. The van der Waals surface area contributed by atoms with Crippen LogP contribution in [0.15, 0.2) is 30.6 Å². The first-order chi connectivity index (χ1) is 19.1. The van der Waals surface area contributed by atoms with Gasteiger partial charge in [-0.05, 0) is 24.4 Å². The van der Waals surface area contributed by atoms with Crippen LogP contribution >= 0.6 is 11.6 Å². The molecule has 11 nitrogen and oxygen atoms in total. The van der Waals surface area contributed by atoms with Gasteiger partial charge in [0.1, 0.15) is 18.2 Å². The third-order valence-electron chi connectivity index (χ3n) is 6.59. The van der Waals surface area contributed by atoms with Gasteiger partial charge in [0.25, 0.3) is 12.3 Å². The highest BCUT2D eigenvalue weighted by Gasteiger charge is 2.27. The lowest BCUT2D eigenvalue weighted by atomic mass is 9.98. The van der Waals surface area contributed by atoms with Crippen LogP contribution in [0.3, 0.4) is 0 Å². The lowest BCUT2D eigenvalue weighted by Gasteiger charge is -2.19. The molecule has 40 heavy (non-hydrogen) atoms. The molecule has 0 fully saturated rings. The molecule has 0 saturated heterocycles. The number of nitrogens with zero attached hydrogens (tertiary/aromatic N) is 6. The molecule has 208 valence electrons. The summed E-state index contributed by atoms with van der Waals surface area (Å²) in [7, 11) is 1.25. The summed E-state index contributed by atoms with van der Waals surface area (Å²) in [4.78, 5) is 32.7. The maximum absolute atomic E-state index is 15.4. The summed E-state index contributed by atoms with van der Waals surface area (Å²) in [5, 5.41) is 19.6. The molecule has 1 aromatic carbocycles. The van der Waals surface area contributed by atoms with Crippen molar-refractivity contribution in [3.05, 3.63) is 62.8 Å². The zero-order chi connectivity index (χ0) is 28.7. The number of carbonyl (C=O) groups excluding carboxylic acids is 1. The lowest BCUT2D eigenvalue weighted by Crippen LogP contribution is -2.36. The highest BCUT2D eigenvalue weighted by Crippen LogP contribution is 2.40. The number of halogens is 4. The Kier molecular flexibility index (Phi) is 7.19. The number of nitrogens with one attached hydrogen (secondary N) is 1. The Labute approximate surface area is 229 Å². The summed E-state index contributed by atoms with van der Waals surface area (Å²) in [6.45, 7) is 0.816. The first-order valence-corrected chi connectivity index (χ1v) is 12.3. The Morgan fingerprint density at radius 2 is 1.98 bits per heavy atom. The normalized spacial score (nSPS) is 13.5. The SMILES string of the molecule is COc1ncc(-c2cc3cc(Nc4cc5n(n4)CC(=O)N(CC(F)F)CC5)ncc3c(Cl)c2F)c(C)c1[N+](=O)[O-]. The molecule has 15 heteroatoms. The molecule has 0 radical (unpaired) electrons. The van der Waals surface area contributed by atoms with Crippen LogP contribution in [-0.4, -0.2) is 62.1 Å². The molecule has 4 heterocycles. The molecular weight excluding hydrogens is 555 g/mol. The maximum Gasteiger partial charge on any atom is 0.334 e. The molecule has 5 rings (SSSR count). The van der Waals surface area contributed by atoms with E-state index >= 15 is 4.39 Å². The molecule has 0 bridgehead atoms. The van der Waals surface area contributed by atoms with Gasteiger partial charge in [-0.3, -0.25) is 19.6 Å². The van der Waals surface area contributed by atoms with E-state index in [2.05, 4.69) is 20.4 Å². The fourth-order valence-corrected chi connectivity index (χ4v) is 4.91. The third-order valence-corrected chi connectivity index (χ3v) is 6.96. The van der Waals surface area contributed by atoms with E-state index in [0.717, 1.165) is 4.90 Å². The largest absolute Gasteiger partial charge is 0.476 e. The number of ether oxygens (including phenoxy) is 1. The van der Waals surface area contributed by atoms with Crippen LogP contribution in [0.4, 0.5) is 30.5 Å². The van der Waals surface area contributed by atoms with E-state index in [1.807, 2.05) is 0 Å². The number of aromatic nitrogens is 4. The summed E-state index contributed by atoms with van der Waals surface area (Å²) >= 11 is 6.33. The Balaban J connectivity index is 1.47. The van der Waals surface area contributed by atoms with E-state index in [4.69, 9.17) is 16.3 Å².